The second-order valence-electron chi connectivity index (χ2n) is 5.60. The van der Waals surface area contributed by atoms with Crippen LogP contribution in [0.15, 0.2) is 52.3 Å². The van der Waals surface area contributed by atoms with Crippen LogP contribution in [0.25, 0.3) is 0 Å². The van der Waals surface area contributed by atoms with E-state index in [1.165, 1.54) is 0 Å². The van der Waals surface area contributed by atoms with Crippen LogP contribution in [0.2, 0.25) is 0 Å². The highest BCUT2D eigenvalue weighted by Crippen LogP contribution is 2.35. The Morgan fingerprint density at radius 3 is 2.47 bits per heavy atom. The van der Waals surface area contributed by atoms with Gasteiger partial charge in [-0.15, -0.1) is 0 Å². The lowest BCUT2D eigenvalue weighted by Crippen LogP contribution is -2.29. The fraction of sp³-hybridized carbons (Fsp3) is 0.250. The predicted molar refractivity (Wildman–Crippen MR) is 77.6 cm³/mol. The van der Waals surface area contributed by atoms with Gasteiger partial charge in [0.2, 0.25) is 0 Å². The summed E-state index contributed by atoms with van der Waals surface area (Å²) in [5.41, 5.74) is 9.06. The molecule has 0 fully saturated rings. The molecule has 3 rings (SSSR count). The SMILES string of the molecule is CC(C)(N)c1ccc2c(c1)[S+]([O-])c1ccccc1C2. The zero-order valence-electron chi connectivity index (χ0n) is 11.1. The van der Waals surface area contributed by atoms with Gasteiger partial charge in [0.05, 0.1) is 0 Å². The van der Waals surface area contributed by atoms with Crippen molar-refractivity contribution in [3.05, 3.63) is 59.2 Å². The second kappa shape index (κ2) is 4.37. The first kappa shape index (κ1) is 12.7. The average molecular weight is 271 g/mol. The Morgan fingerprint density at radius 1 is 1.05 bits per heavy atom. The average Bonchev–Trinajstić information content (AvgIpc) is 2.37. The Morgan fingerprint density at radius 2 is 1.74 bits per heavy atom. The van der Waals surface area contributed by atoms with Crippen molar-refractivity contribution in [1.29, 1.82) is 0 Å². The summed E-state index contributed by atoms with van der Waals surface area (Å²) in [7, 11) is 0. The molecule has 0 aliphatic carbocycles. The largest absolute Gasteiger partial charge is 0.606 e. The van der Waals surface area contributed by atoms with E-state index in [1.807, 2.05) is 44.2 Å². The molecule has 0 spiro atoms. The topological polar surface area (TPSA) is 49.1 Å². The van der Waals surface area contributed by atoms with Gasteiger partial charge in [0.1, 0.15) is 0 Å². The standard InChI is InChI=1S/C16H17NOS/c1-16(2,17)13-8-7-12-9-11-5-3-4-6-14(11)19(18)15(12)10-13/h3-8,10H,9,17H2,1-2H3. The van der Waals surface area contributed by atoms with Crippen LogP contribution in [0.5, 0.6) is 0 Å². The molecule has 1 unspecified atom stereocenters. The number of nitrogens with two attached hydrogens (primary N) is 1. The van der Waals surface area contributed by atoms with Crippen molar-refractivity contribution >= 4 is 11.2 Å². The highest BCUT2D eigenvalue weighted by molar-refractivity contribution is 7.91. The second-order valence-corrected chi connectivity index (χ2v) is 7.01. The van der Waals surface area contributed by atoms with Crippen molar-refractivity contribution in [2.24, 2.45) is 5.73 Å². The van der Waals surface area contributed by atoms with Crippen LogP contribution >= 0.6 is 0 Å². The molecule has 2 nitrogen and oxygen atoms in total. The van der Waals surface area contributed by atoms with Gasteiger partial charge in [-0.1, -0.05) is 30.3 Å². The maximum atomic E-state index is 12.7. The molecule has 1 heterocycles. The third-order valence-corrected chi connectivity index (χ3v) is 5.14. The summed E-state index contributed by atoms with van der Waals surface area (Å²) in [6.45, 7) is 3.93. The zero-order chi connectivity index (χ0) is 13.6. The van der Waals surface area contributed by atoms with Crippen molar-refractivity contribution in [1.82, 2.24) is 0 Å². The highest BCUT2D eigenvalue weighted by Gasteiger charge is 2.29. The molecule has 3 heteroatoms. The minimum atomic E-state index is -1.09. The number of hydrogen-bond acceptors (Lipinski definition) is 2. The molecule has 19 heavy (non-hydrogen) atoms. The van der Waals surface area contributed by atoms with Crippen molar-refractivity contribution in [2.45, 2.75) is 35.6 Å². The molecule has 0 amide bonds. The summed E-state index contributed by atoms with van der Waals surface area (Å²) in [6.07, 6.45) is 0.850. The summed E-state index contributed by atoms with van der Waals surface area (Å²) in [5.74, 6) is 0. The quantitative estimate of drug-likeness (QED) is 0.811. The van der Waals surface area contributed by atoms with Crippen LogP contribution in [0, 0.1) is 0 Å². The van der Waals surface area contributed by atoms with Crippen LogP contribution in [0.3, 0.4) is 0 Å². The van der Waals surface area contributed by atoms with Gasteiger partial charge >= 0.3 is 0 Å². The molecule has 1 atom stereocenters. The maximum Gasteiger partial charge on any atom is 0.162 e. The van der Waals surface area contributed by atoms with E-state index in [2.05, 4.69) is 12.1 Å². The van der Waals surface area contributed by atoms with E-state index in [4.69, 9.17) is 5.73 Å². The number of fused-ring (bicyclic) bond motifs is 2. The van der Waals surface area contributed by atoms with E-state index in [1.54, 1.807) is 0 Å². The van der Waals surface area contributed by atoms with Gasteiger partial charge in [-0.05, 0) is 31.5 Å². The minimum absolute atomic E-state index is 0.407. The molecule has 98 valence electrons. The Labute approximate surface area is 116 Å². The molecule has 0 radical (unpaired) electrons. The van der Waals surface area contributed by atoms with Gasteiger partial charge in [-0.2, -0.15) is 0 Å². The molecule has 0 bridgehead atoms. The van der Waals surface area contributed by atoms with E-state index < -0.39 is 16.7 Å². The van der Waals surface area contributed by atoms with Gasteiger partial charge in [-0.3, -0.25) is 0 Å². The molecule has 0 saturated heterocycles. The summed E-state index contributed by atoms with van der Waals surface area (Å²) in [5, 5.41) is 0. The lowest BCUT2D eigenvalue weighted by molar-refractivity contribution is 0.550. The van der Waals surface area contributed by atoms with Gasteiger partial charge in [0.25, 0.3) is 0 Å². The monoisotopic (exact) mass is 271 g/mol. The first-order valence-corrected chi connectivity index (χ1v) is 7.54. The smallest absolute Gasteiger partial charge is 0.162 e. The van der Waals surface area contributed by atoms with Crippen LogP contribution in [-0.4, -0.2) is 4.55 Å². The van der Waals surface area contributed by atoms with Crippen molar-refractivity contribution in [3.8, 4) is 0 Å². The van der Waals surface area contributed by atoms with E-state index >= 15 is 0 Å². The molecule has 2 aromatic rings. The summed E-state index contributed by atoms with van der Waals surface area (Å²) >= 11 is -1.09. The summed E-state index contributed by atoms with van der Waals surface area (Å²) < 4.78 is 12.7. The van der Waals surface area contributed by atoms with E-state index in [-0.39, 0.29) is 0 Å². The number of hydrogen-bond donors (Lipinski definition) is 1. The van der Waals surface area contributed by atoms with E-state index in [0.717, 1.165) is 32.9 Å². The summed E-state index contributed by atoms with van der Waals surface area (Å²) in [6, 6.07) is 14.1. The van der Waals surface area contributed by atoms with Crippen LogP contribution in [0.4, 0.5) is 0 Å². The lowest BCUT2D eigenvalue weighted by atomic mass is 9.93. The van der Waals surface area contributed by atoms with Crippen molar-refractivity contribution in [3.63, 3.8) is 0 Å². The molecule has 2 aromatic carbocycles. The Bertz CT molecular complexity index is 631. The zero-order valence-corrected chi connectivity index (χ0v) is 12.0. The van der Waals surface area contributed by atoms with Crippen LogP contribution in [-0.2, 0) is 23.1 Å². The van der Waals surface area contributed by atoms with Gasteiger partial charge < -0.3 is 10.3 Å². The Hall–Kier alpha value is -1.29. The van der Waals surface area contributed by atoms with Crippen molar-refractivity contribution in [2.75, 3.05) is 0 Å². The fourth-order valence-electron chi connectivity index (χ4n) is 2.43. The van der Waals surface area contributed by atoms with E-state index in [9.17, 15) is 4.55 Å². The normalized spacial score (nSPS) is 17.8. The van der Waals surface area contributed by atoms with Crippen molar-refractivity contribution < 1.29 is 4.55 Å². The Kier molecular flexibility index (Phi) is 2.93. The molecule has 0 aromatic heterocycles. The predicted octanol–water partition coefficient (Wildman–Crippen LogP) is 2.95. The fourth-order valence-corrected chi connectivity index (χ4v) is 3.86. The minimum Gasteiger partial charge on any atom is -0.606 e. The number of benzene rings is 2. The summed E-state index contributed by atoms with van der Waals surface area (Å²) in [4.78, 5) is 1.84. The van der Waals surface area contributed by atoms with Crippen LogP contribution < -0.4 is 5.73 Å². The first-order valence-electron chi connectivity index (χ1n) is 6.39. The van der Waals surface area contributed by atoms with Gasteiger partial charge in [0, 0.05) is 34.3 Å². The first-order chi connectivity index (χ1) is 8.97. The van der Waals surface area contributed by atoms with E-state index in [0.29, 0.717) is 0 Å². The molecule has 2 N–H and O–H groups in total. The number of rotatable bonds is 1. The van der Waals surface area contributed by atoms with Gasteiger partial charge in [-0.25, -0.2) is 0 Å². The third-order valence-electron chi connectivity index (χ3n) is 3.56. The molecule has 1 aliphatic rings. The third kappa shape index (κ3) is 2.18. The van der Waals surface area contributed by atoms with Crippen LogP contribution in [0.1, 0.15) is 30.5 Å². The molecule has 0 saturated carbocycles. The lowest BCUT2D eigenvalue weighted by Gasteiger charge is -2.25. The molecular formula is C16H17NOS. The molecule has 1 aliphatic heterocycles. The highest BCUT2D eigenvalue weighted by atomic mass is 32.2. The Balaban J connectivity index is 2.11. The van der Waals surface area contributed by atoms with Gasteiger partial charge in [0.15, 0.2) is 9.79 Å². The maximum absolute atomic E-state index is 12.7. The molecular weight excluding hydrogens is 254 g/mol.